The highest BCUT2D eigenvalue weighted by Gasteiger charge is 2.22. The summed E-state index contributed by atoms with van der Waals surface area (Å²) < 4.78 is 6.50. The van der Waals surface area contributed by atoms with E-state index in [4.69, 9.17) is 4.74 Å². The molecule has 0 fully saturated rings. The molecule has 2 nitrogen and oxygen atoms in total. The van der Waals surface area contributed by atoms with E-state index in [1.165, 1.54) is 38.2 Å². The van der Waals surface area contributed by atoms with Crippen molar-refractivity contribution >= 4 is 32.3 Å². The van der Waals surface area contributed by atoms with Crippen LogP contribution in [0, 0.1) is 0 Å². The third-order valence-corrected chi connectivity index (χ3v) is 7.52. The molecule has 37 heavy (non-hydrogen) atoms. The van der Waals surface area contributed by atoms with E-state index in [1.807, 2.05) is 24.5 Å². The Hall–Kier alpha value is -4.95. The van der Waals surface area contributed by atoms with Crippen LogP contribution in [0.2, 0.25) is 0 Å². The van der Waals surface area contributed by atoms with Crippen molar-refractivity contribution in [3.8, 4) is 44.9 Å². The van der Waals surface area contributed by atoms with Crippen molar-refractivity contribution < 1.29 is 4.74 Å². The highest BCUT2D eigenvalue weighted by molar-refractivity contribution is 6.21. The molecule has 1 aliphatic heterocycles. The normalized spacial score (nSPS) is 12.0. The summed E-state index contributed by atoms with van der Waals surface area (Å²) in [4.78, 5) is 4.50. The minimum absolute atomic E-state index is 0.866. The van der Waals surface area contributed by atoms with Crippen LogP contribution in [0.1, 0.15) is 0 Å². The lowest BCUT2D eigenvalue weighted by atomic mass is 9.85. The topological polar surface area (TPSA) is 22.1 Å². The predicted octanol–water partition coefficient (Wildman–Crippen LogP) is 9.65. The van der Waals surface area contributed by atoms with Crippen molar-refractivity contribution in [3.05, 3.63) is 128 Å². The van der Waals surface area contributed by atoms with Gasteiger partial charge in [-0.05, 0) is 62.0 Å². The average Bonchev–Trinajstić information content (AvgIpc) is 2.96. The highest BCUT2D eigenvalue weighted by atomic mass is 16.5. The summed E-state index contributed by atoms with van der Waals surface area (Å²) in [7, 11) is 0. The van der Waals surface area contributed by atoms with Crippen molar-refractivity contribution in [1.82, 2.24) is 4.98 Å². The fraction of sp³-hybridized carbons (Fsp3) is 0. The summed E-state index contributed by atoms with van der Waals surface area (Å²) in [5.74, 6) is 1.75. The average molecular weight is 472 g/mol. The molecule has 1 aromatic heterocycles. The van der Waals surface area contributed by atoms with Crippen LogP contribution in [-0.2, 0) is 0 Å². The summed E-state index contributed by atoms with van der Waals surface area (Å²) in [5, 5.41) is 7.19. The maximum Gasteiger partial charge on any atom is 0.136 e. The number of ether oxygens (including phenoxy) is 1. The Balaban J connectivity index is 1.43. The molecule has 2 heteroatoms. The SMILES string of the molecule is c1ccc(-c2c3ccccc3c(-c3ccc4c(c3)Oc3cccc5cncc-4c35)c3ccccc23)cc1. The van der Waals surface area contributed by atoms with Gasteiger partial charge in [-0.2, -0.15) is 0 Å². The van der Waals surface area contributed by atoms with Gasteiger partial charge in [0, 0.05) is 34.3 Å². The van der Waals surface area contributed by atoms with Gasteiger partial charge < -0.3 is 4.74 Å². The number of hydrogen-bond donors (Lipinski definition) is 0. The third kappa shape index (κ3) is 2.96. The van der Waals surface area contributed by atoms with Gasteiger partial charge in [0.2, 0.25) is 0 Å². The third-order valence-electron chi connectivity index (χ3n) is 7.52. The molecule has 172 valence electrons. The Labute approximate surface area is 214 Å². The van der Waals surface area contributed by atoms with Crippen molar-refractivity contribution in [1.29, 1.82) is 0 Å². The van der Waals surface area contributed by atoms with Crippen LogP contribution in [0.4, 0.5) is 0 Å². The summed E-state index contributed by atoms with van der Waals surface area (Å²) in [6.45, 7) is 0. The maximum absolute atomic E-state index is 6.50. The lowest BCUT2D eigenvalue weighted by molar-refractivity contribution is 0.487. The second kappa shape index (κ2) is 7.78. The molecule has 0 saturated carbocycles. The first-order valence-corrected chi connectivity index (χ1v) is 12.5. The smallest absolute Gasteiger partial charge is 0.136 e. The van der Waals surface area contributed by atoms with E-state index >= 15 is 0 Å². The lowest BCUT2D eigenvalue weighted by Crippen LogP contribution is -1.98. The summed E-state index contributed by atoms with van der Waals surface area (Å²) in [6, 6.07) is 41.0. The number of fused-ring (bicyclic) bond motifs is 4. The minimum atomic E-state index is 0.866. The number of rotatable bonds is 2. The molecule has 0 N–H and O–H groups in total. The Morgan fingerprint density at radius 1 is 0.459 bits per heavy atom. The Morgan fingerprint density at radius 2 is 1.11 bits per heavy atom. The fourth-order valence-corrected chi connectivity index (χ4v) is 5.95. The second-order valence-electron chi connectivity index (χ2n) is 9.56. The van der Waals surface area contributed by atoms with E-state index in [0.717, 1.165) is 39.0 Å². The molecule has 2 heterocycles. The lowest BCUT2D eigenvalue weighted by Gasteiger charge is -2.22. The van der Waals surface area contributed by atoms with Crippen LogP contribution in [0.5, 0.6) is 11.5 Å². The van der Waals surface area contributed by atoms with Gasteiger partial charge in [-0.1, -0.05) is 97.1 Å². The van der Waals surface area contributed by atoms with Gasteiger partial charge in [0.15, 0.2) is 0 Å². The molecular weight excluding hydrogens is 450 g/mol. The van der Waals surface area contributed by atoms with Gasteiger partial charge in [-0.3, -0.25) is 4.98 Å². The molecule has 0 atom stereocenters. The van der Waals surface area contributed by atoms with Gasteiger partial charge >= 0.3 is 0 Å². The second-order valence-corrected chi connectivity index (χ2v) is 9.56. The predicted molar refractivity (Wildman–Crippen MR) is 153 cm³/mol. The monoisotopic (exact) mass is 471 g/mol. The van der Waals surface area contributed by atoms with Gasteiger partial charge in [-0.15, -0.1) is 0 Å². The van der Waals surface area contributed by atoms with E-state index in [0.29, 0.717) is 0 Å². The zero-order chi connectivity index (χ0) is 24.3. The summed E-state index contributed by atoms with van der Waals surface area (Å²) >= 11 is 0. The zero-order valence-electron chi connectivity index (χ0n) is 20.0. The van der Waals surface area contributed by atoms with E-state index in [-0.39, 0.29) is 0 Å². The first kappa shape index (κ1) is 20.3. The molecule has 0 amide bonds. The molecule has 1 aliphatic rings. The van der Waals surface area contributed by atoms with Gasteiger partial charge in [0.25, 0.3) is 0 Å². The molecule has 0 unspecified atom stereocenters. The molecule has 0 bridgehead atoms. The van der Waals surface area contributed by atoms with Crippen LogP contribution in [0.3, 0.4) is 0 Å². The number of aromatic nitrogens is 1. The number of pyridine rings is 1. The standard InChI is InChI=1S/C35H21NO/c1-2-9-22(10-3-1)33-26-12-4-6-14-28(26)34(29-15-7-5-13-27(29)33)23-17-18-25-30-21-36-20-24-11-8-16-31(35(24)30)37-32(25)19-23/h1-21H. The molecule has 7 aromatic rings. The summed E-state index contributed by atoms with van der Waals surface area (Å²) in [5.41, 5.74) is 7.08. The molecule has 0 spiro atoms. The van der Waals surface area contributed by atoms with E-state index < -0.39 is 0 Å². The Kier molecular flexibility index (Phi) is 4.26. The van der Waals surface area contributed by atoms with E-state index in [2.05, 4.69) is 108 Å². The number of hydrogen-bond acceptors (Lipinski definition) is 2. The summed E-state index contributed by atoms with van der Waals surface area (Å²) in [6.07, 6.45) is 3.85. The minimum Gasteiger partial charge on any atom is -0.456 e. The molecule has 0 saturated heterocycles. The maximum atomic E-state index is 6.50. The molecule has 0 aliphatic carbocycles. The largest absolute Gasteiger partial charge is 0.456 e. The van der Waals surface area contributed by atoms with Crippen LogP contribution >= 0.6 is 0 Å². The van der Waals surface area contributed by atoms with Crippen molar-refractivity contribution in [2.45, 2.75) is 0 Å². The van der Waals surface area contributed by atoms with E-state index in [9.17, 15) is 0 Å². The number of nitrogens with zero attached hydrogens (tertiary/aromatic N) is 1. The fourth-order valence-electron chi connectivity index (χ4n) is 5.95. The quantitative estimate of drug-likeness (QED) is 0.234. The molecular formula is C35H21NO. The van der Waals surface area contributed by atoms with Crippen molar-refractivity contribution in [3.63, 3.8) is 0 Å². The first-order chi connectivity index (χ1) is 18.4. The molecule has 0 radical (unpaired) electrons. The molecule has 6 aromatic carbocycles. The van der Waals surface area contributed by atoms with Crippen molar-refractivity contribution in [2.75, 3.05) is 0 Å². The Bertz CT molecular complexity index is 1940. The van der Waals surface area contributed by atoms with Crippen molar-refractivity contribution in [2.24, 2.45) is 0 Å². The van der Waals surface area contributed by atoms with Crippen LogP contribution in [0.15, 0.2) is 128 Å². The van der Waals surface area contributed by atoms with Crippen LogP contribution in [0.25, 0.3) is 65.7 Å². The van der Waals surface area contributed by atoms with Crippen LogP contribution < -0.4 is 4.74 Å². The first-order valence-electron chi connectivity index (χ1n) is 12.5. The van der Waals surface area contributed by atoms with Gasteiger partial charge in [-0.25, -0.2) is 0 Å². The zero-order valence-corrected chi connectivity index (χ0v) is 20.0. The van der Waals surface area contributed by atoms with Crippen LogP contribution in [-0.4, -0.2) is 4.98 Å². The molecule has 8 rings (SSSR count). The van der Waals surface area contributed by atoms with E-state index in [1.54, 1.807) is 0 Å². The van der Waals surface area contributed by atoms with Gasteiger partial charge in [0.05, 0.1) is 0 Å². The Morgan fingerprint density at radius 3 is 1.81 bits per heavy atom. The van der Waals surface area contributed by atoms with Gasteiger partial charge in [0.1, 0.15) is 11.5 Å². The number of benzene rings is 6. The highest BCUT2D eigenvalue weighted by Crippen LogP contribution is 2.49.